The van der Waals surface area contributed by atoms with Crippen molar-refractivity contribution in [2.45, 2.75) is 53.6 Å². The largest absolute Gasteiger partial charge is 0.478 e. The first-order valence-corrected chi connectivity index (χ1v) is 30.1. The number of nitro benzene ring substituents is 3. The van der Waals surface area contributed by atoms with Gasteiger partial charge in [-0.2, -0.15) is 18.2 Å². The first-order valence-electron chi connectivity index (χ1n) is 30.1. The number of carboxylic acids is 1. The summed E-state index contributed by atoms with van der Waals surface area (Å²) in [6, 6.07) is 32.6. The second kappa shape index (κ2) is 40.0. The SMILES string of the molecule is Cc1ccc(N)cc1C(=O)OCCO.Cc1ccc(Nc2nccc(N(C)c3ccc(CC(=O)Cc4cc(F)cc(C(F)(F)F)c4)cc3)n2)cc1C(=O)OCCO.Cc1ccc([N+](=O)[O-])cc1C(=O)O.Cc1ccc([N+](=O)[O-])cc1C(=O)OCCO.Cc1ccc([N+](=O)[O-])cc1C(=O)OCCO. The predicted molar refractivity (Wildman–Crippen MR) is 360 cm³/mol. The van der Waals surface area contributed by atoms with Crippen molar-refractivity contribution < 1.29 is 106 Å². The Labute approximate surface area is 578 Å². The predicted octanol–water partition coefficient (Wildman–Crippen LogP) is 10.4. The lowest BCUT2D eigenvalue weighted by Crippen LogP contribution is -2.13. The van der Waals surface area contributed by atoms with E-state index < -0.39 is 62.2 Å². The molecule has 0 amide bonds. The second-order valence-corrected chi connectivity index (χ2v) is 21.4. The first kappa shape index (κ1) is 82.2. The maximum absolute atomic E-state index is 13.7. The van der Waals surface area contributed by atoms with Crippen molar-refractivity contribution in [3.8, 4) is 0 Å². The third-order valence-electron chi connectivity index (χ3n) is 13.9. The average molecular weight is 1420 g/mol. The molecule has 8 N–H and O–H groups in total. The monoisotopic (exact) mass is 1420 g/mol. The summed E-state index contributed by atoms with van der Waals surface area (Å²) in [6.45, 7) is 7.11. The molecular weight excluding hydrogens is 1350 g/mol. The van der Waals surface area contributed by atoms with Crippen molar-refractivity contribution in [3.05, 3.63) is 254 Å². The van der Waals surface area contributed by atoms with Gasteiger partial charge in [-0.05, 0) is 134 Å². The van der Waals surface area contributed by atoms with E-state index in [0.29, 0.717) is 62.2 Å². The van der Waals surface area contributed by atoms with Crippen LogP contribution in [0.4, 0.5) is 63.5 Å². The normalized spacial score (nSPS) is 10.4. The molecule has 1 aromatic heterocycles. The fourth-order valence-electron chi connectivity index (χ4n) is 8.61. The van der Waals surface area contributed by atoms with Gasteiger partial charge < -0.3 is 60.4 Å². The fourth-order valence-corrected chi connectivity index (χ4v) is 8.61. The molecule has 0 fully saturated rings. The molecule has 8 rings (SSSR count). The minimum Gasteiger partial charge on any atom is -0.478 e. The van der Waals surface area contributed by atoms with Crippen molar-refractivity contribution in [3.63, 3.8) is 0 Å². The highest BCUT2D eigenvalue weighted by atomic mass is 19.4. The van der Waals surface area contributed by atoms with Gasteiger partial charge in [0.2, 0.25) is 5.95 Å². The third kappa shape index (κ3) is 26.2. The number of nitrogens with one attached hydrogen (secondary N) is 1. The van der Waals surface area contributed by atoms with E-state index in [4.69, 9.17) is 40.7 Å². The molecule has 29 nitrogen and oxygen atoms in total. The highest BCUT2D eigenvalue weighted by Gasteiger charge is 2.32. The summed E-state index contributed by atoms with van der Waals surface area (Å²) in [4.78, 5) is 110. The number of non-ortho nitro benzene ring substituents is 3. The molecule has 0 bridgehead atoms. The standard InChI is InChI=1S/C31H28F4N4O4.2C10H11NO5.C10H13NO3.C8H7NO4/c1-19-3-6-24(18-27(19)29(42)43-12-11-40)37-30-36-10-9-28(38-30)39(2)25-7-4-20(5-8-25)15-26(41)16-21-13-22(31(33,34)35)17-23(32)14-21;2*1-7-2-3-8(11(14)15)6-9(7)10(13)16-5-4-12;1-7-2-3-8(11)6-9(7)10(13)14-5-4-12;1-5-2-3-6(9(12)13)4-7(5)8(10)11/h3-10,13-14,17-18,40H,11-12,15-16H2,1-2H3,(H,36,37,38);2*2-3,6,12H,4-5H2,1H3;2-3,6,12H,4-5,11H2,1H3;2-4H,1H3,(H,10,11). The van der Waals surface area contributed by atoms with Gasteiger partial charge in [0.15, 0.2) is 0 Å². The van der Waals surface area contributed by atoms with Crippen molar-refractivity contribution in [2.75, 3.05) is 75.9 Å². The quantitative estimate of drug-likeness (QED) is 0.00738. The Kier molecular flexibility index (Phi) is 32.3. The smallest absolute Gasteiger partial charge is 0.416 e. The lowest BCUT2D eigenvalue weighted by atomic mass is 10.0. The van der Waals surface area contributed by atoms with Crippen LogP contribution >= 0.6 is 0 Å². The van der Waals surface area contributed by atoms with Gasteiger partial charge >= 0.3 is 36.0 Å². The molecule has 0 unspecified atom stereocenters. The number of nitrogens with zero attached hydrogens (tertiary/aromatic N) is 6. The highest BCUT2D eigenvalue weighted by Crippen LogP contribution is 2.31. The van der Waals surface area contributed by atoms with Crippen LogP contribution in [0, 0.1) is 70.8 Å². The van der Waals surface area contributed by atoms with E-state index in [-0.39, 0.29) is 117 Å². The van der Waals surface area contributed by atoms with E-state index in [2.05, 4.69) is 24.8 Å². The molecule has 0 aliphatic heterocycles. The summed E-state index contributed by atoms with van der Waals surface area (Å²) in [7, 11) is 1.79. The molecule has 0 spiro atoms. The lowest BCUT2D eigenvalue weighted by molar-refractivity contribution is -0.385. The molecule has 540 valence electrons. The number of hydrogen-bond donors (Lipinski definition) is 7. The Bertz CT molecular complexity index is 4210. The maximum Gasteiger partial charge on any atom is 0.416 e. The summed E-state index contributed by atoms with van der Waals surface area (Å²) in [5, 5.41) is 77.4. The number of nitrogen functional groups attached to an aromatic ring is 1. The lowest BCUT2D eigenvalue weighted by Gasteiger charge is -2.19. The zero-order chi connectivity index (χ0) is 76.0. The maximum atomic E-state index is 13.7. The van der Waals surface area contributed by atoms with Gasteiger partial charge in [0.1, 0.15) is 43.8 Å². The number of rotatable bonds is 24. The average Bonchev–Trinajstić information content (AvgIpc) is 0.845. The van der Waals surface area contributed by atoms with Crippen LogP contribution < -0.4 is 16.0 Å². The topological polar surface area (TPSA) is 437 Å². The third-order valence-corrected chi connectivity index (χ3v) is 13.9. The Balaban J connectivity index is 0.000000306. The molecule has 0 saturated carbocycles. The number of carbonyl (C=O) groups is 6. The molecular formula is C69H70F4N8O21. The number of ketones is 1. The van der Waals surface area contributed by atoms with E-state index in [9.17, 15) is 76.7 Å². The van der Waals surface area contributed by atoms with Crippen LogP contribution in [0.3, 0.4) is 0 Å². The van der Waals surface area contributed by atoms with Crippen LogP contribution in [0.15, 0.2) is 146 Å². The molecule has 33 heteroatoms. The van der Waals surface area contributed by atoms with Gasteiger partial charge in [-0.3, -0.25) is 35.1 Å². The van der Waals surface area contributed by atoms with Crippen LogP contribution in [0.25, 0.3) is 0 Å². The summed E-state index contributed by atoms with van der Waals surface area (Å²) in [6.07, 6.45) is -3.50. The van der Waals surface area contributed by atoms with Crippen molar-refractivity contribution in [2.24, 2.45) is 0 Å². The Morgan fingerprint density at radius 1 is 0.520 bits per heavy atom. The molecule has 102 heavy (non-hydrogen) atoms. The van der Waals surface area contributed by atoms with Gasteiger partial charge in [-0.1, -0.05) is 42.5 Å². The summed E-state index contributed by atoms with van der Waals surface area (Å²) < 4.78 is 71.8. The molecule has 0 radical (unpaired) electrons. The van der Waals surface area contributed by atoms with E-state index in [1.54, 1.807) is 119 Å². The van der Waals surface area contributed by atoms with Crippen molar-refractivity contribution >= 4 is 81.5 Å². The van der Waals surface area contributed by atoms with Crippen LogP contribution in [-0.2, 0) is 42.8 Å². The van der Waals surface area contributed by atoms with Crippen molar-refractivity contribution in [1.29, 1.82) is 0 Å². The number of Topliss-reactive ketones (excluding diaryl/α,β-unsaturated/α-hetero) is 1. The number of esters is 4. The van der Waals surface area contributed by atoms with Crippen LogP contribution in [0.1, 0.15) is 96.3 Å². The minimum absolute atomic E-state index is 0.00702. The number of alkyl halides is 3. The number of carboxylic acid groups (broad SMARTS) is 1. The second-order valence-electron chi connectivity index (χ2n) is 21.4. The summed E-state index contributed by atoms with van der Waals surface area (Å²) in [5.74, 6) is -4.09. The van der Waals surface area contributed by atoms with E-state index in [1.165, 1.54) is 36.4 Å². The molecule has 0 aliphatic rings. The van der Waals surface area contributed by atoms with E-state index in [0.717, 1.165) is 41.6 Å². The number of nitro groups is 3. The van der Waals surface area contributed by atoms with E-state index in [1.807, 2.05) is 0 Å². The van der Waals surface area contributed by atoms with Crippen LogP contribution in [-0.4, -0.2) is 146 Å². The summed E-state index contributed by atoms with van der Waals surface area (Å²) >= 11 is 0. The number of benzene rings is 7. The molecule has 1 heterocycles. The number of ether oxygens (including phenoxy) is 4. The van der Waals surface area contributed by atoms with E-state index >= 15 is 0 Å². The van der Waals surface area contributed by atoms with Gasteiger partial charge in [-0.25, -0.2) is 33.3 Å². The molecule has 8 aromatic rings. The summed E-state index contributed by atoms with van der Waals surface area (Å²) in [5.41, 5.74) is 10.5. The number of aromatic nitrogens is 2. The fraction of sp³-hybridized carbons (Fsp3) is 0.246. The number of nitrogens with two attached hydrogens (primary N) is 1. The molecule has 0 aliphatic carbocycles. The zero-order valence-corrected chi connectivity index (χ0v) is 55.5. The van der Waals surface area contributed by atoms with Gasteiger partial charge in [0.25, 0.3) is 17.1 Å². The molecule has 0 atom stereocenters. The Hall–Kier alpha value is -12.2. The number of aromatic carboxylic acids is 1. The number of aryl methyl sites for hydroxylation is 5. The number of anilines is 5. The van der Waals surface area contributed by atoms with Gasteiger partial charge in [0.05, 0.1) is 74.6 Å². The molecule has 0 saturated heterocycles. The van der Waals surface area contributed by atoms with Gasteiger partial charge in [-0.15, -0.1) is 0 Å². The Morgan fingerprint density at radius 2 is 0.912 bits per heavy atom. The van der Waals surface area contributed by atoms with Crippen LogP contribution in [0.2, 0.25) is 0 Å². The number of halogens is 4. The van der Waals surface area contributed by atoms with Crippen LogP contribution in [0.5, 0.6) is 0 Å². The highest BCUT2D eigenvalue weighted by molar-refractivity contribution is 5.94. The minimum atomic E-state index is -4.71. The number of carbonyl (C=O) groups excluding carboxylic acids is 5. The van der Waals surface area contributed by atoms with Gasteiger partial charge in [0, 0.05) is 79.5 Å². The number of hydrogen-bond acceptors (Lipinski definition) is 25. The Morgan fingerprint density at radius 3 is 1.33 bits per heavy atom. The first-order chi connectivity index (χ1) is 48.2. The molecule has 7 aromatic carbocycles. The number of aliphatic hydroxyl groups is 4. The number of aliphatic hydroxyl groups excluding tert-OH is 4. The zero-order valence-electron chi connectivity index (χ0n) is 55.5. The van der Waals surface area contributed by atoms with Crippen molar-refractivity contribution in [1.82, 2.24) is 9.97 Å².